The summed E-state index contributed by atoms with van der Waals surface area (Å²) in [6.07, 6.45) is 2.43. The fourth-order valence-electron chi connectivity index (χ4n) is 2.52. The van der Waals surface area contributed by atoms with Gasteiger partial charge in [-0.2, -0.15) is 5.26 Å². The molecule has 0 spiro atoms. The average Bonchev–Trinajstić information content (AvgIpc) is 2.85. The van der Waals surface area contributed by atoms with E-state index in [0.717, 1.165) is 25.9 Å². The summed E-state index contributed by atoms with van der Waals surface area (Å²) in [7, 11) is 0. The maximum Gasteiger partial charge on any atom is 0.226 e. The lowest BCUT2D eigenvalue weighted by Gasteiger charge is -2.36. The number of nitrogens with zero attached hydrogens (tertiary/aromatic N) is 2. The van der Waals surface area contributed by atoms with E-state index < -0.39 is 0 Å². The zero-order chi connectivity index (χ0) is 14.5. The number of hydrogen-bond acceptors (Lipinski definition) is 5. The van der Waals surface area contributed by atoms with E-state index in [1.54, 1.807) is 6.07 Å². The van der Waals surface area contributed by atoms with Gasteiger partial charge in [0.25, 0.3) is 0 Å². The lowest BCUT2D eigenvalue weighted by molar-refractivity contribution is -0.116. The number of carbonyl (C=O) groups is 1. The number of piperidine rings is 1. The van der Waals surface area contributed by atoms with Crippen LogP contribution >= 0.6 is 11.3 Å². The van der Waals surface area contributed by atoms with E-state index >= 15 is 0 Å². The molecule has 2 heterocycles. The zero-order valence-electron chi connectivity index (χ0n) is 11.6. The van der Waals surface area contributed by atoms with Crippen LogP contribution in [-0.4, -0.2) is 36.0 Å². The molecule has 5 nitrogen and oxygen atoms in total. The maximum atomic E-state index is 11.9. The van der Waals surface area contributed by atoms with E-state index in [0.29, 0.717) is 29.1 Å². The van der Waals surface area contributed by atoms with E-state index in [2.05, 4.69) is 23.2 Å². The molecule has 2 unspecified atom stereocenters. The standard InChI is InChI=1S/C14H20N4OS/c1-10-8-12(16)2-5-18(10)6-3-13(19)17-14-11(9-15)4-7-20-14/h4,7,10,12H,2-3,5-6,8,16H2,1H3,(H,17,19). The highest BCUT2D eigenvalue weighted by Gasteiger charge is 2.23. The molecule has 0 aliphatic carbocycles. The summed E-state index contributed by atoms with van der Waals surface area (Å²) in [4.78, 5) is 14.2. The summed E-state index contributed by atoms with van der Waals surface area (Å²) in [5, 5.41) is 14.2. The Morgan fingerprint density at radius 1 is 1.70 bits per heavy atom. The molecule has 1 aromatic heterocycles. The van der Waals surface area contributed by atoms with Gasteiger partial charge in [-0.05, 0) is 37.8 Å². The van der Waals surface area contributed by atoms with E-state index in [1.807, 2.05) is 5.38 Å². The number of nitrogens with one attached hydrogen (secondary N) is 1. The Balaban J connectivity index is 1.80. The van der Waals surface area contributed by atoms with Crippen LogP contribution in [-0.2, 0) is 4.79 Å². The summed E-state index contributed by atoms with van der Waals surface area (Å²) in [5.74, 6) is -0.0361. The van der Waals surface area contributed by atoms with Crippen LogP contribution in [0.3, 0.4) is 0 Å². The largest absolute Gasteiger partial charge is 0.328 e. The highest BCUT2D eigenvalue weighted by Crippen LogP contribution is 2.22. The lowest BCUT2D eigenvalue weighted by atomic mass is 9.99. The number of carbonyl (C=O) groups excluding carboxylic acids is 1. The van der Waals surface area contributed by atoms with E-state index in [9.17, 15) is 4.79 Å². The molecule has 0 saturated carbocycles. The van der Waals surface area contributed by atoms with Crippen LogP contribution in [0.15, 0.2) is 11.4 Å². The molecule has 0 radical (unpaired) electrons. The first kappa shape index (κ1) is 15.0. The molecule has 1 fully saturated rings. The molecule has 3 N–H and O–H groups in total. The van der Waals surface area contributed by atoms with Crippen molar-refractivity contribution in [3.05, 3.63) is 17.0 Å². The first-order valence-electron chi connectivity index (χ1n) is 6.87. The smallest absolute Gasteiger partial charge is 0.226 e. The van der Waals surface area contributed by atoms with Gasteiger partial charge in [0.15, 0.2) is 0 Å². The second-order valence-electron chi connectivity index (χ2n) is 5.24. The van der Waals surface area contributed by atoms with Crippen molar-refractivity contribution in [1.82, 2.24) is 4.90 Å². The van der Waals surface area contributed by atoms with Gasteiger partial charge in [0.1, 0.15) is 11.1 Å². The van der Waals surface area contributed by atoms with Gasteiger partial charge in [-0.3, -0.25) is 4.79 Å². The van der Waals surface area contributed by atoms with Gasteiger partial charge in [-0.25, -0.2) is 0 Å². The van der Waals surface area contributed by atoms with Crippen LogP contribution in [0.4, 0.5) is 5.00 Å². The Hall–Kier alpha value is -1.42. The predicted octanol–water partition coefficient (Wildman–Crippen LogP) is 1.76. The Bertz CT molecular complexity index is 508. The number of nitriles is 1. The summed E-state index contributed by atoms with van der Waals surface area (Å²) >= 11 is 1.38. The first-order chi connectivity index (χ1) is 9.60. The van der Waals surface area contributed by atoms with Gasteiger partial charge in [0.2, 0.25) is 5.91 Å². The van der Waals surface area contributed by atoms with E-state index in [1.165, 1.54) is 11.3 Å². The summed E-state index contributed by atoms with van der Waals surface area (Å²) in [5.41, 5.74) is 6.46. The average molecular weight is 292 g/mol. The van der Waals surface area contributed by atoms with Crippen LogP contribution in [0, 0.1) is 11.3 Å². The molecule has 6 heteroatoms. The molecule has 20 heavy (non-hydrogen) atoms. The Morgan fingerprint density at radius 2 is 2.50 bits per heavy atom. The monoisotopic (exact) mass is 292 g/mol. The van der Waals surface area contributed by atoms with Crippen molar-refractivity contribution in [2.45, 2.75) is 38.3 Å². The highest BCUT2D eigenvalue weighted by molar-refractivity contribution is 7.14. The summed E-state index contributed by atoms with van der Waals surface area (Å²) < 4.78 is 0. The second kappa shape index (κ2) is 6.84. The van der Waals surface area contributed by atoms with Gasteiger partial charge >= 0.3 is 0 Å². The van der Waals surface area contributed by atoms with Crippen LogP contribution in [0.2, 0.25) is 0 Å². The fraction of sp³-hybridized carbons (Fsp3) is 0.571. The van der Waals surface area contributed by atoms with Crippen LogP contribution < -0.4 is 11.1 Å². The molecule has 1 aliphatic rings. The first-order valence-corrected chi connectivity index (χ1v) is 7.75. The number of amides is 1. The number of thiophene rings is 1. The number of hydrogen-bond donors (Lipinski definition) is 2. The van der Waals surface area contributed by atoms with Crippen molar-refractivity contribution < 1.29 is 4.79 Å². The van der Waals surface area contributed by atoms with Crippen molar-refractivity contribution in [2.75, 3.05) is 18.4 Å². The van der Waals surface area contributed by atoms with Gasteiger partial charge in [0, 0.05) is 25.0 Å². The van der Waals surface area contributed by atoms with Crippen molar-refractivity contribution in [3.63, 3.8) is 0 Å². The topological polar surface area (TPSA) is 82.2 Å². The Kier molecular flexibility index (Phi) is 5.12. The van der Waals surface area contributed by atoms with Gasteiger partial charge < -0.3 is 16.0 Å². The van der Waals surface area contributed by atoms with Gasteiger partial charge in [-0.15, -0.1) is 11.3 Å². The van der Waals surface area contributed by atoms with Crippen molar-refractivity contribution >= 4 is 22.2 Å². The van der Waals surface area contributed by atoms with Crippen LogP contribution in [0.1, 0.15) is 31.7 Å². The summed E-state index contributed by atoms with van der Waals surface area (Å²) in [6.45, 7) is 3.86. The molecule has 2 rings (SSSR count). The minimum absolute atomic E-state index is 0.0361. The van der Waals surface area contributed by atoms with E-state index in [4.69, 9.17) is 11.0 Å². The fourth-order valence-corrected chi connectivity index (χ4v) is 3.27. The summed E-state index contributed by atoms with van der Waals surface area (Å²) in [6, 6.07) is 4.51. The third-order valence-corrected chi connectivity index (χ3v) is 4.55. The minimum Gasteiger partial charge on any atom is -0.328 e. The second-order valence-corrected chi connectivity index (χ2v) is 6.16. The third kappa shape index (κ3) is 3.79. The van der Waals surface area contributed by atoms with Crippen molar-refractivity contribution in [1.29, 1.82) is 5.26 Å². The molecule has 1 aromatic rings. The molecular formula is C14H20N4OS. The normalized spacial score (nSPS) is 23.2. The Morgan fingerprint density at radius 3 is 3.20 bits per heavy atom. The van der Waals surface area contributed by atoms with E-state index in [-0.39, 0.29) is 5.91 Å². The van der Waals surface area contributed by atoms with Crippen molar-refractivity contribution in [3.8, 4) is 6.07 Å². The number of rotatable bonds is 4. The quantitative estimate of drug-likeness (QED) is 0.886. The third-order valence-electron chi connectivity index (χ3n) is 3.72. The number of nitrogens with two attached hydrogens (primary N) is 1. The molecule has 108 valence electrons. The lowest BCUT2D eigenvalue weighted by Crippen LogP contribution is -2.46. The Labute approximate surface area is 123 Å². The van der Waals surface area contributed by atoms with Crippen LogP contribution in [0.25, 0.3) is 0 Å². The molecular weight excluding hydrogens is 272 g/mol. The SMILES string of the molecule is CC1CC(N)CCN1CCC(=O)Nc1sccc1C#N. The van der Waals surface area contributed by atoms with Gasteiger partial charge in [0.05, 0.1) is 5.56 Å². The number of anilines is 1. The number of likely N-dealkylation sites (tertiary alicyclic amines) is 1. The molecule has 1 aliphatic heterocycles. The minimum atomic E-state index is -0.0361. The highest BCUT2D eigenvalue weighted by atomic mass is 32.1. The molecule has 0 bridgehead atoms. The molecule has 1 amide bonds. The van der Waals surface area contributed by atoms with Crippen molar-refractivity contribution in [2.24, 2.45) is 5.73 Å². The zero-order valence-corrected chi connectivity index (χ0v) is 12.4. The molecule has 2 atom stereocenters. The predicted molar refractivity (Wildman–Crippen MR) is 80.5 cm³/mol. The van der Waals surface area contributed by atoms with Crippen LogP contribution in [0.5, 0.6) is 0 Å². The van der Waals surface area contributed by atoms with Gasteiger partial charge in [-0.1, -0.05) is 0 Å². The maximum absolute atomic E-state index is 11.9. The molecule has 1 saturated heterocycles. The molecule has 0 aromatic carbocycles.